The van der Waals surface area contributed by atoms with E-state index >= 15 is 0 Å². The van der Waals surface area contributed by atoms with Gasteiger partial charge in [-0.25, -0.2) is 0 Å². The minimum Gasteiger partial charge on any atom is -0.457 e. The third-order valence-corrected chi connectivity index (χ3v) is 8.68. The van der Waals surface area contributed by atoms with Gasteiger partial charge in [0, 0.05) is 16.8 Å². The summed E-state index contributed by atoms with van der Waals surface area (Å²) in [5, 5.41) is -0.358. The Bertz CT molecular complexity index is 1450. The van der Waals surface area contributed by atoms with E-state index in [2.05, 4.69) is 45.9 Å². The summed E-state index contributed by atoms with van der Waals surface area (Å²) in [7, 11) is 0. The van der Waals surface area contributed by atoms with E-state index in [1.165, 1.54) is 11.8 Å². The number of aryl methyl sites for hydroxylation is 1. The first-order valence-corrected chi connectivity index (χ1v) is 13.1. The van der Waals surface area contributed by atoms with Gasteiger partial charge >= 0.3 is 0 Å². The Balaban J connectivity index is 1.50. The Morgan fingerprint density at radius 3 is 2.25 bits per heavy atom. The summed E-state index contributed by atoms with van der Waals surface area (Å²) in [5.41, 5.74) is 5.30. The van der Waals surface area contributed by atoms with Gasteiger partial charge in [0.15, 0.2) is 0 Å². The predicted molar refractivity (Wildman–Crippen MR) is 146 cm³/mol. The topological polar surface area (TPSA) is 49.9 Å². The summed E-state index contributed by atoms with van der Waals surface area (Å²) in [6.07, 6.45) is 2.15. The summed E-state index contributed by atoms with van der Waals surface area (Å²) in [5.74, 6) is 1.28. The van der Waals surface area contributed by atoms with Crippen LogP contribution in [0.25, 0.3) is 5.57 Å². The van der Waals surface area contributed by atoms with Gasteiger partial charge in [0.25, 0.3) is 5.91 Å². The molecule has 5 nitrogen and oxygen atoms in total. The van der Waals surface area contributed by atoms with Crippen molar-refractivity contribution in [1.29, 1.82) is 0 Å². The number of hydrogen-bond acceptors (Lipinski definition) is 4. The molecule has 0 N–H and O–H groups in total. The maximum Gasteiger partial charge on any atom is 0.269 e. The molecule has 6 rings (SSSR count). The van der Waals surface area contributed by atoms with Gasteiger partial charge in [0.05, 0.1) is 16.5 Å². The predicted octanol–water partition coefficient (Wildman–Crippen LogP) is 6.65. The fourth-order valence-corrected chi connectivity index (χ4v) is 7.29. The van der Waals surface area contributed by atoms with Crippen molar-refractivity contribution in [2.24, 2.45) is 0 Å². The maximum absolute atomic E-state index is 14.5. The van der Waals surface area contributed by atoms with Crippen molar-refractivity contribution in [3.05, 3.63) is 89.5 Å². The number of para-hydroxylation sites is 1. The van der Waals surface area contributed by atoms with Crippen molar-refractivity contribution < 1.29 is 14.3 Å². The van der Waals surface area contributed by atoms with E-state index in [0.29, 0.717) is 11.4 Å². The second-order valence-corrected chi connectivity index (χ2v) is 11.9. The number of rotatable bonds is 3. The highest BCUT2D eigenvalue weighted by Crippen LogP contribution is 2.61. The van der Waals surface area contributed by atoms with E-state index < -0.39 is 10.4 Å². The number of carbonyl (C=O) groups is 2. The summed E-state index contributed by atoms with van der Waals surface area (Å²) in [6.45, 7) is 10.2. The minimum absolute atomic E-state index is 0.0644. The van der Waals surface area contributed by atoms with Crippen molar-refractivity contribution in [2.75, 3.05) is 9.80 Å². The molecule has 0 radical (unpaired) electrons. The number of carbonyl (C=O) groups excluding carboxylic acids is 2. The van der Waals surface area contributed by atoms with Crippen LogP contribution in [0.4, 0.5) is 11.4 Å². The molecule has 0 unspecified atom stereocenters. The van der Waals surface area contributed by atoms with Crippen molar-refractivity contribution in [2.45, 2.75) is 50.3 Å². The van der Waals surface area contributed by atoms with Gasteiger partial charge in [-0.15, -0.1) is 11.8 Å². The molecule has 3 aromatic rings. The fraction of sp³-hybridized carbons (Fsp3) is 0.267. The molecule has 3 heterocycles. The van der Waals surface area contributed by atoms with Crippen LogP contribution in [0, 0.1) is 6.92 Å². The van der Waals surface area contributed by atoms with Crippen LogP contribution in [-0.4, -0.2) is 22.6 Å². The molecule has 0 saturated carbocycles. The molecule has 1 saturated heterocycles. The lowest BCUT2D eigenvalue weighted by Crippen LogP contribution is -2.55. The number of anilines is 2. The normalized spacial score (nSPS) is 23.8. The Kier molecular flexibility index (Phi) is 4.93. The number of hydrogen-bond donors (Lipinski definition) is 0. The van der Waals surface area contributed by atoms with Crippen LogP contribution in [0.5, 0.6) is 11.5 Å². The van der Waals surface area contributed by atoms with Gasteiger partial charge in [0.1, 0.15) is 11.5 Å². The Hall–Kier alpha value is -3.51. The Labute approximate surface area is 215 Å². The number of benzene rings is 3. The second kappa shape index (κ2) is 7.74. The van der Waals surface area contributed by atoms with E-state index in [4.69, 9.17) is 4.74 Å². The van der Waals surface area contributed by atoms with Crippen LogP contribution in [-0.2, 0) is 14.5 Å². The summed E-state index contributed by atoms with van der Waals surface area (Å²) < 4.78 is 5.96. The lowest BCUT2D eigenvalue weighted by Gasteiger charge is -2.40. The molecule has 182 valence electrons. The zero-order valence-electron chi connectivity index (χ0n) is 21.0. The van der Waals surface area contributed by atoms with E-state index in [-0.39, 0.29) is 17.1 Å². The van der Waals surface area contributed by atoms with E-state index in [9.17, 15) is 9.59 Å². The molecule has 3 aromatic carbocycles. The van der Waals surface area contributed by atoms with Gasteiger partial charge in [-0.1, -0.05) is 30.3 Å². The summed E-state index contributed by atoms with van der Waals surface area (Å²) in [6, 6.07) is 21.3. The first-order chi connectivity index (χ1) is 17.1. The zero-order valence-corrected chi connectivity index (χ0v) is 21.8. The quantitative estimate of drug-likeness (QED) is 0.407. The fourth-order valence-electron chi connectivity index (χ4n) is 5.79. The van der Waals surface area contributed by atoms with Gasteiger partial charge < -0.3 is 4.74 Å². The number of nitrogens with zero attached hydrogens (tertiary/aromatic N) is 2. The third-order valence-electron chi connectivity index (χ3n) is 7.21. The smallest absolute Gasteiger partial charge is 0.269 e. The summed E-state index contributed by atoms with van der Waals surface area (Å²) >= 11 is 1.44. The highest BCUT2D eigenvalue weighted by molar-refractivity contribution is 8.03. The molecule has 1 fully saturated rings. The molecule has 0 bridgehead atoms. The average molecular weight is 497 g/mol. The van der Waals surface area contributed by atoms with Crippen molar-refractivity contribution in [3.63, 3.8) is 0 Å². The van der Waals surface area contributed by atoms with Crippen LogP contribution >= 0.6 is 11.8 Å². The first kappa shape index (κ1) is 22.9. The lowest BCUT2D eigenvalue weighted by atomic mass is 9.88. The molecule has 3 aliphatic rings. The minimum atomic E-state index is -1.15. The molecule has 2 atom stereocenters. The monoisotopic (exact) mass is 496 g/mol. The van der Waals surface area contributed by atoms with Crippen LogP contribution in [0.3, 0.4) is 0 Å². The molecule has 3 aliphatic heterocycles. The maximum atomic E-state index is 14.5. The number of amides is 2. The summed E-state index contributed by atoms with van der Waals surface area (Å²) in [4.78, 5) is 30.6. The van der Waals surface area contributed by atoms with Gasteiger partial charge in [-0.3, -0.25) is 19.4 Å². The van der Waals surface area contributed by atoms with Crippen LogP contribution in [0.2, 0.25) is 0 Å². The van der Waals surface area contributed by atoms with Gasteiger partial charge in [0.2, 0.25) is 10.8 Å². The molecule has 0 aliphatic carbocycles. The van der Waals surface area contributed by atoms with Crippen LogP contribution in [0.15, 0.2) is 72.8 Å². The highest BCUT2D eigenvalue weighted by Gasteiger charge is 2.65. The highest BCUT2D eigenvalue weighted by atomic mass is 32.2. The zero-order chi connectivity index (χ0) is 25.4. The van der Waals surface area contributed by atoms with Gasteiger partial charge in [-0.2, -0.15) is 0 Å². The number of allylic oxidation sites excluding steroid dienone is 1. The largest absolute Gasteiger partial charge is 0.457 e. The van der Waals surface area contributed by atoms with Crippen LogP contribution in [0.1, 0.15) is 44.4 Å². The lowest BCUT2D eigenvalue weighted by molar-refractivity contribution is -0.124. The van der Waals surface area contributed by atoms with E-state index in [1.807, 2.05) is 66.4 Å². The van der Waals surface area contributed by atoms with E-state index in [1.54, 1.807) is 4.90 Å². The first-order valence-electron chi connectivity index (χ1n) is 12.2. The molecule has 1 spiro atoms. The number of fused-ring (bicyclic) bond motifs is 1. The van der Waals surface area contributed by atoms with Crippen LogP contribution < -0.4 is 14.5 Å². The molecular weight excluding hydrogens is 468 g/mol. The molecule has 2 amide bonds. The van der Waals surface area contributed by atoms with Crippen molar-refractivity contribution in [3.8, 4) is 11.5 Å². The van der Waals surface area contributed by atoms with E-state index in [0.717, 1.165) is 33.7 Å². The SMILES string of the molecule is CC1=CC(C)(C)N2C(=O)[C@@]3(S[C@@H](C)C(=O)N3c3ccc(Oc4ccccc4)cc3)c3cc(C)cc1c32. The molecule has 0 aromatic heterocycles. The average Bonchev–Trinajstić information content (AvgIpc) is 3.24. The molecule has 6 heteroatoms. The standard InChI is InChI=1S/C30H28N2O3S/c1-18-15-24-19(2)17-29(4,5)32-26(24)25(16-18)30(28(32)34)31(27(33)20(3)36-30)21-11-13-23(14-12-21)35-22-9-7-6-8-10-22/h6-17,20H,1-5H3/t20-,30-/m0/s1. The number of ether oxygens (including phenoxy) is 1. The molecular formula is C30H28N2O3S. The third kappa shape index (κ3) is 3.10. The van der Waals surface area contributed by atoms with Crippen molar-refractivity contribution >= 4 is 40.5 Å². The number of thioether (sulfide) groups is 1. The molecule has 36 heavy (non-hydrogen) atoms. The Morgan fingerprint density at radius 2 is 1.56 bits per heavy atom. The Morgan fingerprint density at radius 1 is 0.889 bits per heavy atom. The van der Waals surface area contributed by atoms with Crippen molar-refractivity contribution in [1.82, 2.24) is 0 Å². The second-order valence-electron chi connectivity index (χ2n) is 10.3. The van der Waals surface area contributed by atoms with Gasteiger partial charge in [-0.05, 0) is 88.2 Å².